The van der Waals surface area contributed by atoms with Crippen molar-refractivity contribution in [3.8, 4) is 5.75 Å². The summed E-state index contributed by atoms with van der Waals surface area (Å²) in [6.07, 6.45) is 17.4. The molecule has 1 aromatic carbocycles. The third kappa shape index (κ3) is 9.72. The summed E-state index contributed by atoms with van der Waals surface area (Å²) in [6.45, 7) is 6.54. The molecule has 0 heterocycles. The lowest BCUT2D eigenvalue weighted by atomic mass is 9.77. The van der Waals surface area contributed by atoms with Crippen LogP contribution in [0.3, 0.4) is 0 Å². The standard InChI is InChI=1S/C31H46O5/c1-3-5-6-7-9-24-10-12-25(13-11-24)26-14-20-29(21-15-26)36-31(33)27-16-18-28(19-17-27)34-22-8-23-35-30(32)4-2/h4,14-15,20-21,24-25,27-28H,2-3,5-13,16-19,22-23H2,1H3. The van der Waals surface area contributed by atoms with Gasteiger partial charge in [0.1, 0.15) is 5.75 Å². The van der Waals surface area contributed by atoms with Crippen LogP contribution < -0.4 is 4.74 Å². The van der Waals surface area contributed by atoms with E-state index in [1.54, 1.807) is 0 Å². The summed E-state index contributed by atoms with van der Waals surface area (Å²) in [5, 5.41) is 0. The molecule has 0 N–H and O–H groups in total. The third-order valence-corrected chi connectivity index (χ3v) is 7.94. The van der Waals surface area contributed by atoms with Crippen LogP contribution in [-0.2, 0) is 19.1 Å². The van der Waals surface area contributed by atoms with E-state index in [0.29, 0.717) is 31.3 Å². The fourth-order valence-corrected chi connectivity index (χ4v) is 5.66. The van der Waals surface area contributed by atoms with Gasteiger partial charge in [-0.3, -0.25) is 4.79 Å². The van der Waals surface area contributed by atoms with Crippen molar-refractivity contribution < 1.29 is 23.8 Å². The van der Waals surface area contributed by atoms with Crippen LogP contribution in [0.5, 0.6) is 5.75 Å². The summed E-state index contributed by atoms with van der Waals surface area (Å²) < 4.78 is 16.6. The van der Waals surface area contributed by atoms with Crippen LogP contribution in [0.25, 0.3) is 0 Å². The summed E-state index contributed by atoms with van der Waals surface area (Å²) in [6, 6.07) is 8.26. The number of benzene rings is 1. The smallest absolute Gasteiger partial charge is 0.330 e. The van der Waals surface area contributed by atoms with E-state index < -0.39 is 5.97 Å². The van der Waals surface area contributed by atoms with Gasteiger partial charge in [-0.15, -0.1) is 0 Å². The first-order valence-electron chi connectivity index (χ1n) is 14.3. The predicted octanol–water partition coefficient (Wildman–Crippen LogP) is 7.53. The zero-order valence-electron chi connectivity index (χ0n) is 22.3. The molecular weight excluding hydrogens is 452 g/mol. The van der Waals surface area contributed by atoms with E-state index in [4.69, 9.17) is 14.2 Å². The highest BCUT2D eigenvalue weighted by molar-refractivity contribution is 5.81. The van der Waals surface area contributed by atoms with Gasteiger partial charge in [0.2, 0.25) is 0 Å². The van der Waals surface area contributed by atoms with Crippen molar-refractivity contribution in [3.05, 3.63) is 42.5 Å². The number of hydrogen-bond acceptors (Lipinski definition) is 5. The molecule has 1 aromatic rings. The molecule has 0 amide bonds. The van der Waals surface area contributed by atoms with Crippen molar-refractivity contribution in [1.29, 1.82) is 0 Å². The Hall–Kier alpha value is -2.14. The van der Waals surface area contributed by atoms with E-state index in [0.717, 1.165) is 37.7 Å². The minimum atomic E-state index is -0.403. The minimum Gasteiger partial charge on any atom is -0.462 e. The Morgan fingerprint density at radius 2 is 1.61 bits per heavy atom. The predicted molar refractivity (Wildman–Crippen MR) is 143 cm³/mol. The van der Waals surface area contributed by atoms with Gasteiger partial charge in [0.15, 0.2) is 0 Å². The number of unbranched alkanes of at least 4 members (excludes halogenated alkanes) is 3. The van der Waals surface area contributed by atoms with Crippen molar-refractivity contribution in [2.45, 2.75) is 109 Å². The average molecular weight is 499 g/mol. The summed E-state index contributed by atoms with van der Waals surface area (Å²) >= 11 is 0. The Bertz CT molecular complexity index is 786. The minimum absolute atomic E-state index is 0.0642. The van der Waals surface area contributed by atoms with E-state index >= 15 is 0 Å². The molecule has 0 bridgehead atoms. The molecule has 0 radical (unpaired) electrons. The zero-order valence-corrected chi connectivity index (χ0v) is 22.3. The molecule has 3 rings (SSSR count). The largest absolute Gasteiger partial charge is 0.462 e. The van der Waals surface area contributed by atoms with E-state index in [1.165, 1.54) is 63.4 Å². The number of carbonyl (C=O) groups is 2. The van der Waals surface area contributed by atoms with Crippen LogP contribution >= 0.6 is 0 Å². The van der Waals surface area contributed by atoms with Gasteiger partial charge in [-0.25, -0.2) is 4.79 Å². The molecular formula is C31H46O5. The van der Waals surface area contributed by atoms with Gasteiger partial charge < -0.3 is 14.2 Å². The Morgan fingerprint density at radius 1 is 0.889 bits per heavy atom. The molecule has 0 saturated heterocycles. The van der Waals surface area contributed by atoms with Crippen molar-refractivity contribution in [2.24, 2.45) is 11.8 Å². The molecule has 2 fully saturated rings. The zero-order chi connectivity index (χ0) is 25.6. The maximum absolute atomic E-state index is 12.7. The molecule has 5 nitrogen and oxygen atoms in total. The molecule has 0 aromatic heterocycles. The summed E-state index contributed by atoms with van der Waals surface area (Å²) in [4.78, 5) is 23.7. The maximum Gasteiger partial charge on any atom is 0.330 e. The molecule has 36 heavy (non-hydrogen) atoms. The molecule has 5 heteroatoms. The van der Waals surface area contributed by atoms with Gasteiger partial charge in [-0.1, -0.05) is 57.7 Å². The average Bonchev–Trinajstić information content (AvgIpc) is 2.92. The third-order valence-electron chi connectivity index (χ3n) is 7.94. The number of rotatable bonds is 14. The van der Waals surface area contributed by atoms with Crippen LogP contribution in [0, 0.1) is 11.8 Å². The molecule has 2 aliphatic carbocycles. The highest BCUT2D eigenvalue weighted by Crippen LogP contribution is 2.38. The second-order valence-electron chi connectivity index (χ2n) is 10.6. The number of carbonyl (C=O) groups excluding carboxylic acids is 2. The lowest BCUT2D eigenvalue weighted by Crippen LogP contribution is -2.29. The van der Waals surface area contributed by atoms with Gasteiger partial charge in [-0.2, -0.15) is 0 Å². The van der Waals surface area contributed by atoms with Gasteiger partial charge in [0.25, 0.3) is 0 Å². The number of hydrogen-bond donors (Lipinski definition) is 0. The van der Waals surface area contributed by atoms with Crippen LogP contribution in [0.15, 0.2) is 36.9 Å². The Balaban J connectivity index is 1.31. The molecule has 2 aliphatic rings. The highest BCUT2D eigenvalue weighted by atomic mass is 16.5. The van der Waals surface area contributed by atoms with Crippen LogP contribution in [0.4, 0.5) is 0 Å². The Labute approximate surface area is 218 Å². The first kappa shape index (κ1) is 28.4. The first-order chi connectivity index (χ1) is 17.6. The molecule has 0 atom stereocenters. The van der Waals surface area contributed by atoms with Crippen molar-refractivity contribution in [1.82, 2.24) is 0 Å². The van der Waals surface area contributed by atoms with Gasteiger partial charge >= 0.3 is 11.9 Å². The van der Waals surface area contributed by atoms with E-state index in [-0.39, 0.29) is 18.0 Å². The summed E-state index contributed by atoms with van der Waals surface area (Å²) in [5.41, 5.74) is 1.39. The summed E-state index contributed by atoms with van der Waals surface area (Å²) in [5.74, 6) is 1.62. The summed E-state index contributed by atoms with van der Waals surface area (Å²) in [7, 11) is 0. The van der Waals surface area contributed by atoms with Gasteiger partial charge in [0.05, 0.1) is 25.2 Å². The van der Waals surface area contributed by atoms with Crippen molar-refractivity contribution >= 4 is 11.9 Å². The second-order valence-corrected chi connectivity index (χ2v) is 10.6. The topological polar surface area (TPSA) is 61.8 Å². The normalized spacial score (nSPS) is 24.1. The molecule has 200 valence electrons. The van der Waals surface area contributed by atoms with Gasteiger partial charge in [0, 0.05) is 12.5 Å². The number of ether oxygens (including phenoxy) is 3. The van der Waals surface area contributed by atoms with Crippen molar-refractivity contribution in [3.63, 3.8) is 0 Å². The molecule has 2 saturated carbocycles. The lowest BCUT2D eigenvalue weighted by molar-refractivity contribution is -0.141. The van der Waals surface area contributed by atoms with E-state index in [2.05, 4.69) is 25.6 Å². The number of esters is 2. The van der Waals surface area contributed by atoms with Crippen LogP contribution in [0.1, 0.15) is 108 Å². The van der Waals surface area contributed by atoms with E-state index in [9.17, 15) is 9.59 Å². The monoisotopic (exact) mass is 498 g/mol. The fraction of sp³-hybridized carbons (Fsp3) is 0.677. The highest BCUT2D eigenvalue weighted by Gasteiger charge is 2.28. The van der Waals surface area contributed by atoms with Crippen molar-refractivity contribution in [2.75, 3.05) is 13.2 Å². The molecule has 0 aliphatic heterocycles. The quantitative estimate of drug-likeness (QED) is 0.115. The fourth-order valence-electron chi connectivity index (χ4n) is 5.66. The SMILES string of the molecule is C=CC(=O)OCCCOC1CCC(C(=O)Oc2ccc(C3CCC(CCCCCC)CC3)cc2)CC1. The van der Waals surface area contributed by atoms with Crippen LogP contribution in [0.2, 0.25) is 0 Å². The molecule has 0 spiro atoms. The Morgan fingerprint density at radius 3 is 2.28 bits per heavy atom. The molecule has 0 unspecified atom stereocenters. The Kier molecular flexibility index (Phi) is 12.5. The maximum atomic E-state index is 12.7. The first-order valence-corrected chi connectivity index (χ1v) is 14.3. The van der Waals surface area contributed by atoms with Gasteiger partial charge in [-0.05, 0) is 80.9 Å². The van der Waals surface area contributed by atoms with Crippen LogP contribution in [-0.4, -0.2) is 31.3 Å². The second kappa shape index (κ2) is 15.9. The van der Waals surface area contributed by atoms with E-state index in [1.807, 2.05) is 12.1 Å². The lowest BCUT2D eigenvalue weighted by Gasteiger charge is -2.29.